The molecule has 1 atom stereocenters. The van der Waals surface area contributed by atoms with Crippen molar-refractivity contribution in [1.82, 2.24) is 15.5 Å². The van der Waals surface area contributed by atoms with E-state index in [4.69, 9.17) is 9.41 Å². The van der Waals surface area contributed by atoms with E-state index in [2.05, 4.69) is 20.9 Å². The van der Waals surface area contributed by atoms with Crippen molar-refractivity contribution >= 4 is 17.3 Å². The summed E-state index contributed by atoms with van der Waals surface area (Å²) in [7, 11) is 0. The lowest BCUT2D eigenvalue weighted by atomic mass is 10.2. The maximum absolute atomic E-state index is 10.7. The highest BCUT2D eigenvalue weighted by atomic mass is 16.6. The van der Waals surface area contributed by atoms with E-state index in [1.165, 1.54) is 25.0 Å². The normalized spacial score (nSPS) is 15.7. The topological polar surface area (TPSA) is 108 Å². The summed E-state index contributed by atoms with van der Waals surface area (Å²) in [6.07, 6.45) is 4.15. The quantitative estimate of drug-likeness (QED) is 0.180. The van der Waals surface area contributed by atoms with Gasteiger partial charge in [-0.15, -0.1) is 0 Å². The Balaban J connectivity index is 1.51. The number of likely N-dealkylation sites (tertiary alicyclic amines) is 1. The highest BCUT2D eigenvalue weighted by Gasteiger charge is 2.25. The first-order valence-corrected chi connectivity index (χ1v) is 10.5. The van der Waals surface area contributed by atoms with Gasteiger partial charge in [-0.05, 0) is 57.1 Å². The molecule has 162 valence electrons. The summed E-state index contributed by atoms with van der Waals surface area (Å²) >= 11 is 0. The molecule has 2 aromatic rings. The van der Waals surface area contributed by atoms with Crippen molar-refractivity contribution in [3.8, 4) is 0 Å². The van der Waals surface area contributed by atoms with Crippen LogP contribution in [0, 0.1) is 10.1 Å². The average molecular weight is 415 g/mol. The van der Waals surface area contributed by atoms with Crippen LogP contribution in [0.1, 0.15) is 31.6 Å². The fourth-order valence-corrected chi connectivity index (χ4v) is 3.53. The molecule has 0 bridgehead atoms. The molecule has 0 spiro atoms. The second-order valence-electron chi connectivity index (χ2n) is 7.15. The van der Waals surface area contributed by atoms with Crippen LogP contribution in [0.3, 0.4) is 0 Å². The largest absolute Gasteiger partial charge is 0.468 e. The van der Waals surface area contributed by atoms with Gasteiger partial charge in [0.15, 0.2) is 5.96 Å². The van der Waals surface area contributed by atoms with Gasteiger partial charge in [-0.2, -0.15) is 0 Å². The van der Waals surface area contributed by atoms with Gasteiger partial charge in [-0.1, -0.05) is 0 Å². The summed E-state index contributed by atoms with van der Waals surface area (Å²) in [5.74, 6) is 1.72. The number of nitro groups is 1. The number of non-ortho nitro benzene ring substituents is 1. The minimum absolute atomic E-state index is 0.0874. The minimum atomic E-state index is -0.400. The molecule has 1 aromatic heterocycles. The fourth-order valence-electron chi connectivity index (χ4n) is 3.53. The fraction of sp³-hybridized carbons (Fsp3) is 0.476. The lowest BCUT2D eigenvalue weighted by molar-refractivity contribution is -0.384. The van der Waals surface area contributed by atoms with Crippen LogP contribution in [0.25, 0.3) is 0 Å². The second kappa shape index (κ2) is 11.2. The summed E-state index contributed by atoms with van der Waals surface area (Å²) in [5, 5.41) is 20.6. The van der Waals surface area contributed by atoms with E-state index in [0.717, 1.165) is 37.0 Å². The van der Waals surface area contributed by atoms with Crippen molar-refractivity contribution in [3.63, 3.8) is 0 Å². The molecule has 9 heteroatoms. The molecule has 1 fully saturated rings. The van der Waals surface area contributed by atoms with Crippen LogP contribution in [-0.4, -0.2) is 55.1 Å². The third-order valence-corrected chi connectivity index (χ3v) is 5.04. The molecule has 3 rings (SSSR count). The van der Waals surface area contributed by atoms with Gasteiger partial charge in [0.1, 0.15) is 5.76 Å². The predicted octanol–water partition coefficient (Wildman–Crippen LogP) is 2.99. The molecule has 0 amide bonds. The summed E-state index contributed by atoms with van der Waals surface area (Å²) in [4.78, 5) is 17.5. The Hall–Kier alpha value is -3.07. The Bertz CT molecular complexity index is 801. The van der Waals surface area contributed by atoms with Crippen molar-refractivity contribution in [2.24, 2.45) is 4.99 Å². The molecule has 1 unspecified atom stereocenters. The number of benzene rings is 1. The number of hydrogen-bond acceptors (Lipinski definition) is 6. The van der Waals surface area contributed by atoms with E-state index >= 15 is 0 Å². The Labute approximate surface area is 176 Å². The van der Waals surface area contributed by atoms with Crippen molar-refractivity contribution in [1.29, 1.82) is 0 Å². The first-order chi connectivity index (χ1) is 14.7. The number of hydrogen-bond donors (Lipinski definition) is 3. The molecule has 0 aliphatic carbocycles. The number of rotatable bonds is 10. The van der Waals surface area contributed by atoms with Crippen LogP contribution in [0.5, 0.6) is 0 Å². The minimum Gasteiger partial charge on any atom is -0.468 e. The van der Waals surface area contributed by atoms with Crippen molar-refractivity contribution in [3.05, 3.63) is 58.5 Å². The summed E-state index contributed by atoms with van der Waals surface area (Å²) in [5.41, 5.74) is 0.931. The summed E-state index contributed by atoms with van der Waals surface area (Å²) in [6.45, 7) is 6.91. The highest BCUT2D eigenvalue weighted by molar-refractivity contribution is 5.79. The molecule has 3 N–H and O–H groups in total. The maximum atomic E-state index is 10.7. The smallest absolute Gasteiger partial charge is 0.269 e. The lowest BCUT2D eigenvalue weighted by Crippen LogP contribution is -2.40. The van der Waals surface area contributed by atoms with Gasteiger partial charge < -0.3 is 20.4 Å². The van der Waals surface area contributed by atoms with Gasteiger partial charge >= 0.3 is 0 Å². The number of guanidine groups is 1. The summed E-state index contributed by atoms with van der Waals surface area (Å²) < 4.78 is 5.67. The predicted molar refractivity (Wildman–Crippen MR) is 118 cm³/mol. The molecule has 9 nitrogen and oxygen atoms in total. The van der Waals surface area contributed by atoms with E-state index < -0.39 is 4.92 Å². The molecule has 1 aliphatic rings. The second-order valence-corrected chi connectivity index (χ2v) is 7.15. The summed E-state index contributed by atoms with van der Waals surface area (Å²) in [6, 6.07) is 10.5. The first-order valence-electron chi connectivity index (χ1n) is 10.5. The number of nitrogens with one attached hydrogen (secondary N) is 3. The van der Waals surface area contributed by atoms with Gasteiger partial charge in [0.2, 0.25) is 0 Å². The van der Waals surface area contributed by atoms with Crippen molar-refractivity contribution in [2.45, 2.75) is 25.8 Å². The van der Waals surface area contributed by atoms with Crippen molar-refractivity contribution < 1.29 is 9.34 Å². The maximum Gasteiger partial charge on any atom is 0.269 e. The van der Waals surface area contributed by atoms with E-state index in [9.17, 15) is 10.1 Å². The van der Waals surface area contributed by atoms with E-state index in [0.29, 0.717) is 19.6 Å². The number of furan rings is 1. The highest BCUT2D eigenvalue weighted by Crippen LogP contribution is 2.25. The molecule has 2 heterocycles. The van der Waals surface area contributed by atoms with E-state index in [-0.39, 0.29) is 11.7 Å². The van der Waals surface area contributed by atoms with Crippen LogP contribution < -0.4 is 16.0 Å². The molecule has 30 heavy (non-hydrogen) atoms. The van der Waals surface area contributed by atoms with E-state index in [1.54, 1.807) is 18.4 Å². The third kappa shape index (κ3) is 6.21. The number of nitro benzene ring substituents is 1. The number of nitrogens with zero attached hydrogens (tertiary/aromatic N) is 3. The van der Waals surface area contributed by atoms with Gasteiger partial charge in [0.05, 0.1) is 23.8 Å². The SMILES string of the molecule is CCNC(=NCC(c1ccco1)N1CCCC1)NCCNc1ccc([N+](=O)[O-])cc1. The van der Waals surface area contributed by atoms with Crippen LogP contribution in [0.15, 0.2) is 52.1 Å². The monoisotopic (exact) mass is 414 g/mol. The molecular formula is C21H30N6O3. The van der Waals surface area contributed by atoms with Gasteiger partial charge in [0.25, 0.3) is 5.69 Å². The molecule has 1 saturated heterocycles. The Morgan fingerprint density at radius 1 is 1.20 bits per heavy atom. The molecule has 0 saturated carbocycles. The van der Waals surface area contributed by atoms with Crippen LogP contribution >= 0.6 is 0 Å². The Morgan fingerprint density at radius 2 is 1.97 bits per heavy atom. The third-order valence-electron chi connectivity index (χ3n) is 5.04. The van der Waals surface area contributed by atoms with Crippen LogP contribution in [0.2, 0.25) is 0 Å². The number of anilines is 1. The first kappa shape index (κ1) is 21.6. The van der Waals surface area contributed by atoms with Gasteiger partial charge in [-0.25, -0.2) is 0 Å². The Kier molecular flexibility index (Phi) is 8.08. The zero-order chi connectivity index (χ0) is 21.2. The van der Waals surface area contributed by atoms with Crippen LogP contribution in [0.4, 0.5) is 11.4 Å². The molecule has 0 radical (unpaired) electrons. The zero-order valence-electron chi connectivity index (χ0n) is 17.3. The van der Waals surface area contributed by atoms with E-state index in [1.807, 2.05) is 19.1 Å². The molecular weight excluding hydrogens is 384 g/mol. The van der Waals surface area contributed by atoms with Crippen molar-refractivity contribution in [2.75, 3.05) is 44.6 Å². The number of aliphatic imine (C=N–C) groups is 1. The average Bonchev–Trinajstić information content (AvgIpc) is 3.46. The van der Waals surface area contributed by atoms with Gasteiger partial charge in [-0.3, -0.25) is 20.0 Å². The molecule has 1 aliphatic heterocycles. The Morgan fingerprint density at radius 3 is 2.60 bits per heavy atom. The molecule has 1 aromatic carbocycles. The zero-order valence-corrected chi connectivity index (χ0v) is 17.3. The lowest BCUT2D eigenvalue weighted by Gasteiger charge is -2.24. The van der Waals surface area contributed by atoms with Crippen LogP contribution in [-0.2, 0) is 0 Å². The van der Waals surface area contributed by atoms with Gasteiger partial charge in [0, 0.05) is 37.5 Å². The standard InChI is InChI=1S/C21H30N6O3/c1-2-22-21(24-12-11-23-17-7-9-18(10-8-17)27(28)29)25-16-19(20-6-5-15-30-20)26-13-3-4-14-26/h5-10,15,19,23H,2-4,11-14,16H2,1H3,(H2,22,24,25).